The van der Waals surface area contributed by atoms with Crippen LogP contribution in [-0.2, 0) is 0 Å². The summed E-state index contributed by atoms with van der Waals surface area (Å²) >= 11 is 0. The highest BCUT2D eigenvalue weighted by Gasteiger charge is 2.05. The summed E-state index contributed by atoms with van der Waals surface area (Å²) in [4.78, 5) is 3.82. The molecule has 0 aliphatic heterocycles. The molecule has 5 heteroatoms. The van der Waals surface area contributed by atoms with Gasteiger partial charge in [-0.2, -0.15) is 10.4 Å². The average molecular weight is 202 g/mol. The van der Waals surface area contributed by atoms with E-state index in [0.29, 0.717) is 11.4 Å². The molecule has 0 aliphatic carbocycles. The van der Waals surface area contributed by atoms with E-state index in [-0.39, 0.29) is 11.5 Å². The van der Waals surface area contributed by atoms with E-state index in [1.807, 2.05) is 6.07 Å². The summed E-state index contributed by atoms with van der Waals surface area (Å²) in [6.45, 7) is 1.58. The number of nitriles is 1. The Labute approximate surface area is 85.6 Å². The van der Waals surface area contributed by atoms with Gasteiger partial charge >= 0.3 is 0 Å². The van der Waals surface area contributed by atoms with Gasteiger partial charge < -0.3 is 0 Å². The predicted molar refractivity (Wildman–Crippen MR) is 50.8 cm³/mol. The van der Waals surface area contributed by atoms with Crippen molar-refractivity contribution in [1.82, 2.24) is 14.8 Å². The first-order valence-corrected chi connectivity index (χ1v) is 4.29. The zero-order chi connectivity index (χ0) is 10.8. The van der Waals surface area contributed by atoms with Crippen LogP contribution in [0.3, 0.4) is 0 Å². The van der Waals surface area contributed by atoms with Gasteiger partial charge in [-0.05, 0) is 13.0 Å². The third kappa shape index (κ3) is 1.70. The number of aromatic nitrogens is 3. The second kappa shape index (κ2) is 3.50. The Morgan fingerprint density at radius 2 is 2.33 bits per heavy atom. The summed E-state index contributed by atoms with van der Waals surface area (Å²) in [6, 6.07) is 5.12. The van der Waals surface area contributed by atoms with Crippen molar-refractivity contribution >= 4 is 0 Å². The van der Waals surface area contributed by atoms with E-state index in [1.165, 1.54) is 17.1 Å². The van der Waals surface area contributed by atoms with Crippen molar-refractivity contribution in [3.05, 3.63) is 41.7 Å². The standard InChI is InChI=1S/C10H7FN4/c1-7-10(11)6-15(14-7)9-2-3-13-8(4-9)5-12/h2-4,6H,1H3. The predicted octanol–water partition coefficient (Wildman–Crippen LogP) is 1.59. The minimum absolute atomic E-state index is 0.279. The van der Waals surface area contributed by atoms with Gasteiger partial charge in [0.25, 0.3) is 0 Å². The molecule has 15 heavy (non-hydrogen) atoms. The summed E-state index contributed by atoms with van der Waals surface area (Å²) in [7, 11) is 0. The van der Waals surface area contributed by atoms with Gasteiger partial charge in [0.05, 0.1) is 17.6 Å². The molecule has 2 aromatic rings. The maximum Gasteiger partial charge on any atom is 0.164 e. The summed E-state index contributed by atoms with van der Waals surface area (Å²) in [5, 5.41) is 12.6. The molecule has 4 nitrogen and oxygen atoms in total. The van der Waals surface area contributed by atoms with Crippen LogP contribution < -0.4 is 0 Å². The van der Waals surface area contributed by atoms with E-state index in [4.69, 9.17) is 5.26 Å². The zero-order valence-corrected chi connectivity index (χ0v) is 7.98. The molecule has 0 saturated carbocycles. The zero-order valence-electron chi connectivity index (χ0n) is 7.98. The van der Waals surface area contributed by atoms with Crippen LogP contribution in [0, 0.1) is 24.1 Å². The molecule has 0 amide bonds. The smallest absolute Gasteiger partial charge is 0.164 e. The van der Waals surface area contributed by atoms with Gasteiger partial charge in [-0.3, -0.25) is 0 Å². The molecule has 0 aromatic carbocycles. The second-order valence-corrected chi connectivity index (χ2v) is 3.02. The Balaban J connectivity index is 2.50. The Morgan fingerprint density at radius 1 is 1.53 bits per heavy atom. The molecule has 74 valence electrons. The van der Waals surface area contributed by atoms with Gasteiger partial charge in [0.15, 0.2) is 5.82 Å². The minimum atomic E-state index is -0.370. The molecular weight excluding hydrogens is 195 g/mol. The summed E-state index contributed by atoms with van der Waals surface area (Å²) in [5.74, 6) is -0.370. The first-order valence-electron chi connectivity index (χ1n) is 4.29. The Kier molecular flexibility index (Phi) is 2.18. The number of hydrogen-bond acceptors (Lipinski definition) is 3. The van der Waals surface area contributed by atoms with Crippen molar-refractivity contribution < 1.29 is 4.39 Å². The molecule has 0 bridgehead atoms. The topological polar surface area (TPSA) is 54.5 Å². The van der Waals surface area contributed by atoms with Gasteiger partial charge in [0.1, 0.15) is 11.8 Å². The Hall–Kier alpha value is -2.22. The van der Waals surface area contributed by atoms with Crippen LogP contribution >= 0.6 is 0 Å². The fraction of sp³-hybridized carbons (Fsp3) is 0.100. The molecule has 2 heterocycles. The minimum Gasteiger partial charge on any atom is -0.245 e. The third-order valence-corrected chi connectivity index (χ3v) is 1.96. The van der Waals surface area contributed by atoms with Crippen molar-refractivity contribution in [2.45, 2.75) is 6.92 Å². The molecule has 0 spiro atoms. The SMILES string of the molecule is Cc1nn(-c2ccnc(C#N)c2)cc1F. The molecule has 0 atom stereocenters. The van der Waals surface area contributed by atoms with Crippen molar-refractivity contribution in [3.8, 4) is 11.8 Å². The molecule has 2 rings (SSSR count). The lowest BCUT2D eigenvalue weighted by atomic mass is 10.3. The van der Waals surface area contributed by atoms with Crippen molar-refractivity contribution in [1.29, 1.82) is 5.26 Å². The van der Waals surface area contributed by atoms with E-state index in [2.05, 4.69) is 10.1 Å². The van der Waals surface area contributed by atoms with Gasteiger partial charge in [0.2, 0.25) is 0 Å². The van der Waals surface area contributed by atoms with E-state index in [1.54, 1.807) is 19.1 Å². The van der Waals surface area contributed by atoms with Crippen LogP contribution in [0.15, 0.2) is 24.5 Å². The molecule has 0 fully saturated rings. The lowest BCUT2D eigenvalue weighted by Gasteiger charge is -1.99. The molecule has 0 saturated heterocycles. The van der Waals surface area contributed by atoms with Crippen molar-refractivity contribution in [2.24, 2.45) is 0 Å². The molecule has 0 unspecified atom stereocenters. The summed E-state index contributed by atoms with van der Waals surface area (Å²) in [5.41, 5.74) is 1.22. The number of hydrogen-bond donors (Lipinski definition) is 0. The maximum atomic E-state index is 13.0. The van der Waals surface area contributed by atoms with Gasteiger partial charge in [-0.25, -0.2) is 14.1 Å². The fourth-order valence-electron chi connectivity index (χ4n) is 1.19. The largest absolute Gasteiger partial charge is 0.245 e. The number of nitrogens with zero attached hydrogens (tertiary/aromatic N) is 4. The molecule has 0 radical (unpaired) electrons. The second-order valence-electron chi connectivity index (χ2n) is 3.02. The molecular formula is C10H7FN4. The third-order valence-electron chi connectivity index (χ3n) is 1.96. The summed E-state index contributed by atoms with van der Waals surface area (Å²) < 4.78 is 14.4. The monoisotopic (exact) mass is 202 g/mol. The van der Waals surface area contributed by atoms with Gasteiger partial charge in [-0.15, -0.1) is 0 Å². The average Bonchev–Trinajstić information content (AvgIpc) is 2.59. The highest BCUT2D eigenvalue weighted by molar-refractivity contribution is 5.36. The van der Waals surface area contributed by atoms with E-state index < -0.39 is 0 Å². The van der Waals surface area contributed by atoms with Crippen LogP contribution in [0.1, 0.15) is 11.4 Å². The summed E-state index contributed by atoms with van der Waals surface area (Å²) in [6.07, 6.45) is 2.76. The normalized spacial score (nSPS) is 9.93. The quantitative estimate of drug-likeness (QED) is 0.705. The Bertz CT molecular complexity index is 519. The fourth-order valence-corrected chi connectivity index (χ4v) is 1.19. The number of pyridine rings is 1. The molecule has 0 N–H and O–H groups in total. The van der Waals surface area contributed by atoms with Gasteiger partial charge in [-0.1, -0.05) is 0 Å². The molecule has 0 aliphatic rings. The highest BCUT2D eigenvalue weighted by Crippen LogP contribution is 2.10. The lowest BCUT2D eigenvalue weighted by Crippen LogP contribution is -1.96. The van der Waals surface area contributed by atoms with Crippen LogP contribution in [0.25, 0.3) is 5.69 Å². The number of aryl methyl sites for hydroxylation is 1. The van der Waals surface area contributed by atoms with E-state index >= 15 is 0 Å². The van der Waals surface area contributed by atoms with Crippen molar-refractivity contribution in [3.63, 3.8) is 0 Å². The molecule has 2 aromatic heterocycles. The van der Waals surface area contributed by atoms with Crippen LogP contribution in [0.5, 0.6) is 0 Å². The highest BCUT2D eigenvalue weighted by atomic mass is 19.1. The van der Waals surface area contributed by atoms with E-state index in [9.17, 15) is 4.39 Å². The van der Waals surface area contributed by atoms with Crippen molar-refractivity contribution in [2.75, 3.05) is 0 Å². The number of rotatable bonds is 1. The van der Waals surface area contributed by atoms with Crippen LogP contribution in [0.2, 0.25) is 0 Å². The first-order chi connectivity index (χ1) is 7.20. The first kappa shape index (κ1) is 9.34. The Morgan fingerprint density at radius 3 is 2.93 bits per heavy atom. The van der Waals surface area contributed by atoms with Crippen LogP contribution in [0.4, 0.5) is 4.39 Å². The lowest BCUT2D eigenvalue weighted by molar-refractivity contribution is 0.618. The maximum absolute atomic E-state index is 13.0. The van der Waals surface area contributed by atoms with E-state index in [0.717, 1.165) is 0 Å². The number of halogens is 1. The van der Waals surface area contributed by atoms with Crippen LogP contribution in [-0.4, -0.2) is 14.8 Å². The van der Waals surface area contributed by atoms with Gasteiger partial charge in [0, 0.05) is 12.3 Å².